The van der Waals surface area contributed by atoms with Gasteiger partial charge in [-0.15, -0.1) is 0 Å². The molecule has 0 bridgehead atoms. The molecule has 9 heteroatoms. The van der Waals surface area contributed by atoms with Gasteiger partial charge in [0.2, 0.25) is 0 Å². The number of carboxylic acids is 1. The molecule has 0 aliphatic rings. The SMILES string of the molecule is CC(=O)[O-].CCOc1cc(OCC)c([S+](c2ccccc2)c2c(OCC)cc(OCC)cc2OCC)c(OCC)c1. The lowest BCUT2D eigenvalue weighted by atomic mass is 10.3. The number of hydrogen-bond acceptors (Lipinski definition) is 8. The van der Waals surface area contributed by atoms with Gasteiger partial charge in [0, 0.05) is 30.2 Å². The Morgan fingerprint density at radius 3 is 1.15 bits per heavy atom. The summed E-state index contributed by atoms with van der Waals surface area (Å²) in [5.74, 6) is 3.17. The predicted molar refractivity (Wildman–Crippen MR) is 159 cm³/mol. The van der Waals surface area contributed by atoms with Crippen LogP contribution in [0.4, 0.5) is 0 Å². The van der Waals surface area contributed by atoms with E-state index in [9.17, 15) is 0 Å². The normalized spacial score (nSPS) is 10.3. The van der Waals surface area contributed by atoms with Crippen molar-refractivity contribution in [2.75, 3.05) is 39.6 Å². The summed E-state index contributed by atoms with van der Waals surface area (Å²) in [5.41, 5.74) is 0. The molecule has 41 heavy (non-hydrogen) atoms. The van der Waals surface area contributed by atoms with Crippen LogP contribution in [-0.2, 0) is 15.7 Å². The van der Waals surface area contributed by atoms with Gasteiger partial charge >= 0.3 is 0 Å². The molecule has 0 aliphatic carbocycles. The van der Waals surface area contributed by atoms with Gasteiger partial charge in [-0.3, -0.25) is 0 Å². The monoisotopic (exact) mass is 586 g/mol. The van der Waals surface area contributed by atoms with Crippen LogP contribution in [0.3, 0.4) is 0 Å². The van der Waals surface area contributed by atoms with E-state index in [0.29, 0.717) is 74.1 Å². The van der Waals surface area contributed by atoms with Crippen molar-refractivity contribution in [2.45, 2.75) is 63.2 Å². The molecule has 3 aromatic rings. The summed E-state index contributed by atoms with van der Waals surface area (Å²) in [4.78, 5) is 11.8. The van der Waals surface area contributed by atoms with E-state index in [1.807, 2.05) is 84.0 Å². The second kappa shape index (κ2) is 17.9. The Balaban J connectivity index is 0.00000138. The Morgan fingerprint density at radius 2 is 0.878 bits per heavy atom. The van der Waals surface area contributed by atoms with Crippen molar-refractivity contribution < 1.29 is 38.3 Å². The van der Waals surface area contributed by atoms with Crippen LogP contribution in [0.25, 0.3) is 0 Å². The number of hydrogen-bond donors (Lipinski definition) is 0. The summed E-state index contributed by atoms with van der Waals surface area (Å²) in [7, 11) is -0.702. The van der Waals surface area contributed by atoms with Crippen molar-refractivity contribution in [3.8, 4) is 34.5 Å². The molecule has 0 unspecified atom stereocenters. The van der Waals surface area contributed by atoms with Crippen LogP contribution in [0.5, 0.6) is 34.5 Å². The Labute approximate surface area is 246 Å². The maximum absolute atomic E-state index is 8.89. The van der Waals surface area contributed by atoms with E-state index in [1.165, 1.54) is 0 Å². The Kier molecular flexibility index (Phi) is 14.6. The highest BCUT2D eigenvalue weighted by molar-refractivity contribution is 7.97. The first-order valence-electron chi connectivity index (χ1n) is 13.9. The van der Waals surface area contributed by atoms with E-state index in [1.54, 1.807) is 0 Å². The Hall–Kier alpha value is -3.72. The predicted octanol–water partition coefficient (Wildman–Crippen LogP) is 5.93. The number of rotatable bonds is 15. The zero-order valence-electron chi connectivity index (χ0n) is 25.1. The third-order valence-corrected chi connectivity index (χ3v) is 7.56. The molecule has 3 aromatic carbocycles. The summed E-state index contributed by atoms with van der Waals surface area (Å²) in [5, 5.41) is 8.89. The average molecular weight is 587 g/mol. The molecule has 0 spiro atoms. The summed E-state index contributed by atoms with van der Waals surface area (Å²) < 4.78 is 36.7. The van der Waals surface area contributed by atoms with Crippen molar-refractivity contribution in [1.82, 2.24) is 0 Å². The first-order chi connectivity index (χ1) is 19.8. The van der Waals surface area contributed by atoms with Crippen LogP contribution < -0.4 is 33.5 Å². The smallest absolute Gasteiger partial charge is 0.250 e. The molecule has 8 nitrogen and oxygen atoms in total. The van der Waals surface area contributed by atoms with Crippen LogP contribution in [-0.4, -0.2) is 45.6 Å². The lowest BCUT2D eigenvalue weighted by Crippen LogP contribution is -2.16. The van der Waals surface area contributed by atoms with Gasteiger partial charge in [-0.05, 0) is 60.6 Å². The van der Waals surface area contributed by atoms with Crippen LogP contribution >= 0.6 is 0 Å². The Bertz CT molecular complexity index is 1090. The van der Waals surface area contributed by atoms with Crippen LogP contribution in [0.1, 0.15) is 48.5 Å². The standard InChI is InChI=1S/C30H39O6S.C2H4O2/c1-7-31-22-18-25(33-9-3)29(26(19-22)34-10-4)37(24-16-14-13-15-17-24)30-27(35-11-5)20-23(32-8-2)21-28(30)36-12-6;1-2(3)4/h13-21H,7-12H2,1-6H3;1H3,(H,3,4)/q+1;/p-1. The number of aliphatic carboxylic acids is 1. The van der Waals surface area contributed by atoms with E-state index in [0.717, 1.165) is 21.6 Å². The quantitative estimate of drug-likeness (QED) is 0.202. The van der Waals surface area contributed by atoms with Crippen LogP contribution in [0, 0.1) is 0 Å². The highest BCUT2D eigenvalue weighted by Crippen LogP contribution is 2.51. The van der Waals surface area contributed by atoms with Gasteiger partial charge in [0.1, 0.15) is 22.4 Å². The molecule has 224 valence electrons. The van der Waals surface area contributed by atoms with Gasteiger partial charge in [-0.1, -0.05) is 18.2 Å². The van der Waals surface area contributed by atoms with E-state index in [-0.39, 0.29) is 0 Å². The van der Waals surface area contributed by atoms with E-state index < -0.39 is 16.9 Å². The van der Waals surface area contributed by atoms with Gasteiger partial charge in [-0.2, -0.15) is 0 Å². The number of carbonyl (C=O) groups excluding carboxylic acids is 1. The summed E-state index contributed by atoms with van der Waals surface area (Å²) in [6.07, 6.45) is 0. The third kappa shape index (κ3) is 9.70. The lowest BCUT2D eigenvalue weighted by molar-refractivity contribution is -0.302. The van der Waals surface area contributed by atoms with Crippen molar-refractivity contribution in [3.63, 3.8) is 0 Å². The molecule has 0 saturated carbocycles. The molecule has 0 fully saturated rings. The fraction of sp³-hybridized carbons (Fsp3) is 0.406. The lowest BCUT2D eigenvalue weighted by Gasteiger charge is -2.21. The number of carboxylic acid groups (broad SMARTS) is 1. The Morgan fingerprint density at radius 1 is 0.585 bits per heavy atom. The van der Waals surface area contributed by atoms with Crippen LogP contribution in [0.15, 0.2) is 69.3 Å². The molecule has 0 N–H and O–H groups in total. The molecule has 0 saturated heterocycles. The highest BCUT2D eigenvalue weighted by atomic mass is 32.2. The molecule has 0 aliphatic heterocycles. The summed E-state index contributed by atoms with van der Waals surface area (Å²) >= 11 is 0. The molecule has 0 amide bonds. The molecule has 0 radical (unpaired) electrons. The minimum absolute atomic E-state index is 0.500. The first kappa shape index (κ1) is 33.5. The van der Waals surface area contributed by atoms with E-state index in [4.69, 9.17) is 38.3 Å². The molecule has 0 heterocycles. The van der Waals surface area contributed by atoms with Gasteiger partial charge < -0.3 is 38.3 Å². The molecule has 0 atom stereocenters. The number of benzene rings is 3. The molecule has 3 rings (SSSR count). The maximum atomic E-state index is 8.89. The number of carbonyl (C=O) groups is 1. The fourth-order valence-corrected chi connectivity index (χ4v) is 6.33. The van der Waals surface area contributed by atoms with Crippen molar-refractivity contribution >= 4 is 16.9 Å². The summed E-state index contributed by atoms with van der Waals surface area (Å²) in [6, 6.07) is 18.1. The first-order valence-corrected chi connectivity index (χ1v) is 15.2. The maximum Gasteiger partial charge on any atom is 0.250 e. The molecular weight excluding hydrogens is 544 g/mol. The third-order valence-electron chi connectivity index (χ3n) is 5.20. The van der Waals surface area contributed by atoms with Gasteiger partial charge in [0.05, 0.1) is 39.6 Å². The van der Waals surface area contributed by atoms with Crippen molar-refractivity contribution in [3.05, 3.63) is 54.6 Å². The van der Waals surface area contributed by atoms with Gasteiger partial charge in [0.15, 0.2) is 27.9 Å². The minimum atomic E-state index is -1.08. The zero-order valence-corrected chi connectivity index (χ0v) is 25.9. The fourth-order valence-electron chi connectivity index (χ4n) is 3.95. The molecule has 0 aromatic heterocycles. The highest BCUT2D eigenvalue weighted by Gasteiger charge is 2.42. The van der Waals surface area contributed by atoms with Crippen molar-refractivity contribution in [1.29, 1.82) is 0 Å². The zero-order chi connectivity index (χ0) is 30.2. The van der Waals surface area contributed by atoms with Crippen LogP contribution in [0.2, 0.25) is 0 Å². The van der Waals surface area contributed by atoms with E-state index >= 15 is 0 Å². The second-order valence-electron chi connectivity index (χ2n) is 8.21. The topological polar surface area (TPSA) is 95.5 Å². The number of ether oxygens (including phenoxy) is 6. The van der Waals surface area contributed by atoms with Gasteiger partial charge in [0.25, 0.3) is 9.79 Å². The molecular formula is C32H42O8S. The average Bonchev–Trinajstić information content (AvgIpc) is 2.93. The van der Waals surface area contributed by atoms with E-state index in [2.05, 4.69) is 12.1 Å². The minimum Gasteiger partial charge on any atom is -0.550 e. The summed E-state index contributed by atoms with van der Waals surface area (Å²) in [6.45, 7) is 15.9. The largest absolute Gasteiger partial charge is 0.550 e. The second-order valence-corrected chi connectivity index (χ2v) is 10.1. The van der Waals surface area contributed by atoms with Gasteiger partial charge in [-0.25, -0.2) is 0 Å². The van der Waals surface area contributed by atoms with Crippen molar-refractivity contribution in [2.24, 2.45) is 0 Å².